The SMILES string of the molecule is CC(C)(C)OC(=O)N(CCCN(C(=O)OC(C)(C)C)C1CCCCC1)CC1CCC(N)CC1. The Morgan fingerprint density at radius 1 is 0.788 bits per heavy atom. The minimum Gasteiger partial charge on any atom is -0.444 e. The van der Waals surface area contributed by atoms with E-state index in [1.54, 1.807) is 0 Å². The van der Waals surface area contributed by atoms with Crippen molar-refractivity contribution < 1.29 is 19.1 Å². The second-order valence-electron chi connectivity index (χ2n) is 12.0. The molecule has 0 saturated heterocycles. The first-order valence-electron chi connectivity index (χ1n) is 13.1. The number of hydrogen-bond donors (Lipinski definition) is 1. The standard InChI is InChI=1S/C26H49N3O4/c1-25(2,3)32-23(30)28(19-20-13-15-21(27)16-14-20)17-10-18-29(22-11-8-7-9-12-22)24(31)33-26(4,5)6/h20-22H,7-19,27H2,1-6H3. The van der Waals surface area contributed by atoms with Crippen molar-refractivity contribution in [3.8, 4) is 0 Å². The number of hydrogen-bond acceptors (Lipinski definition) is 5. The lowest BCUT2D eigenvalue weighted by atomic mass is 9.86. The fourth-order valence-electron chi connectivity index (χ4n) is 4.83. The molecule has 2 aliphatic rings. The van der Waals surface area contributed by atoms with E-state index in [4.69, 9.17) is 15.2 Å². The van der Waals surface area contributed by atoms with Gasteiger partial charge in [-0.05, 0) is 92.4 Å². The van der Waals surface area contributed by atoms with Crippen LogP contribution in [0.1, 0.15) is 106 Å². The van der Waals surface area contributed by atoms with Gasteiger partial charge in [-0.3, -0.25) is 0 Å². The highest BCUT2D eigenvalue weighted by atomic mass is 16.6. The van der Waals surface area contributed by atoms with Crippen molar-refractivity contribution in [2.24, 2.45) is 11.7 Å². The zero-order valence-corrected chi connectivity index (χ0v) is 22.0. The molecule has 2 aliphatic carbocycles. The zero-order chi connectivity index (χ0) is 24.6. The summed E-state index contributed by atoms with van der Waals surface area (Å²) < 4.78 is 11.4. The van der Waals surface area contributed by atoms with E-state index in [1.165, 1.54) is 6.42 Å². The topological polar surface area (TPSA) is 85.1 Å². The molecule has 2 fully saturated rings. The van der Waals surface area contributed by atoms with Gasteiger partial charge in [0.25, 0.3) is 0 Å². The predicted octanol–water partition coefficient (Wildman–Crippen LogP) is 5.70. The molecule has 0 aromatic rings. The minimum atomic E-state index is -0.533. The third kappa shape index (κ3) is 10.5. The molecule has 2 rings (SSSR count). The number of amides is 2. The van der Waals surface area contributed by atoms with Gasteiger partial charge in [-0.15, -0.1) is 0 Å². The van der Waals surface area contributed by atoms with Crippen molar-refractivity contribution in [3.05, 3.63) is 0 Å². The summed E-state index contributed by atoms with van der Waals surface area (Å²) in [6.45, 7) is 13.3. The molecule has 0 heterocycles. The minimum absolute atomic E-state index is 0.225. The number of carbonyl (C=O) groups is 2. The van der Waals surface area contributed by atoms with Crippen molar-refractivity contribution in [2.45, 2.75) is 129 Å². The third-order valence-corrected chi connectivity index (χ3v) is 6.49. The lowest BCUT2D eigenvalue weighted by Crippen LogP contribution is -2.46. The molecule has 7 nitrogen and oxygen atoms in total. The van der Waals surface area contributed by atoms with Gasteiger partial charge in [-0.25, -0.2) is 9.59 Å². The molecule has 0 radical (unpaired) electrons. The summed E-state index contributed by atoms with van der Waals surface area (Å²) >= 11 is 0. The van der Waals surface area contributed by atoms with E-state index in [1.807, 2.05) is 51.3 Å². The average Bonchev–Trinajstić information content (AvgIpc) is 2.69. The van der Waals surface area contributed by atoms with Gasteiger partial charge in [0, 0.05) is 31.7 Å². The van der Waals surface area contributed by atoms with E-state index in [9.17, 15) is 9.59 Å². The van der Waals surface area contributed by atoms with Crippen LogP contribution < -0.4 is 5.73 Å². The van der Waals surface area contributed by atoms with Gasteiger partial charge in [0.05, 0.1) is 0 Å². The number of carbonyl (C=O) groups excluding carboxylic acids is 2. The molecule has 2 N–H and O–H groups in total. The van der Waals surface area contributed by atoms with Gasteiger partial charge >= 0.3 is 12.2 Å². The van der Waals surface area contributed by atoms with E-state index < -0.39 is 11.2 Å². The van der Waals surface area contributed by atoms with Crippen LogP contribution in [0.4, 0.5) is 9.59 Å². The first kappa shape index (κ1) is 27.7. The second kappa shape index (κ2) is 12.3. The van der Waals surface area contributed by atoms with Gasteiger partial charge in [0.2, 0.25) is 0 Å². The smallest absolute Gasteiger partial charge is 0.410 e. The van der Waals surface area contributed by atoms with Gasteiger partial charge in [-0.2, -0.15) is 0 Å². The maximum Gasteiger partial charge on any atom is 0.410 e. The fraction of sp³-hybridized carbons (Fsp3) is 0.923. The fourth-order valence-corrected chi connectivity index (χ4v) is 4.83. The first-order valence-corrected chi connectivity index (χ1v) is 13.1. The number of rotatable bonds is 7. The Morgan fingerprint density at radius 2 is 1.33 bits per heavy atom. The Bertz CT molecular complexity index is 612. The van der Waals surface area contributed by atoms with Crippen LogP contribution in [-0.2, 0) is 9.47 Å². The second-order valence-corrected chi connectivity index (χ2v) is 12.0. The normalized spacial score (nSPS) is 22.5. The van der Waals surface area contributed by atoms with Gasteiger partial charge < -0.3 is 25.0 Å². The highest BCUT2D eigenvalue weighted by Crippen LogP contribution is 2.26. The van der Waals surface area contributed by atoms with Crippen LogP contribution >= 0.6 is 0 Å². The van der Waals surface area contributed by atoms with E-state index in [2.05, 4.69) is 0 Å². The van der Waals surface area contributed by atoms with E-state index in [0.717, 1.165) is 51.4 Å². The Labute approximate surface area is 201 Å². The lowest BCUT2D eigenvalue weighted by Gasteiger charge is -2.36. The van der Waals surface area contributed by atoms with Crippen molar-refractivity contribution >= 4 is 12.2 Å². The summed E-state index contributed by atoms with van der Waals surface area (Å²) in [6.07, 6.45) is 9.92. The molecule has 0 atom stereocenters. The van der Waals surface area contributed by atoms with E-state index in [0.29, 0.717) is 32.0 Å². The van der Waals surface area contributed by atoms with Crippen LogP contribution in [0.25, 0.3) is 0 Å². The summed E-state index contributed by atoms with van der Waals surface area (Å²) in [5.74, 6) is 0.456. The molecule has 192 valence electrons. The first-order chi connectivity index (χ1) is 15.3. The van der Waals surface area contributed by atoms with Crippen LogP contribution in [0.5, 0.6) is 0 Å². The Morgan fingerprint density at radius 3 is 1.88 bits per heavy atom. The van der Waals surface area contributed by atoms with Crippen molar-refractivity contribution in [2.75, 3.05) is 19.6 Å². The summed E-state index contributed by atoms with van der Waals surface area (Å²) in [5, 5.41) is 0. The largest absolute Gasteiger partial charge is 0.444 e. The molecule has 0 unspecified atom stereocenters. The summed E-state index contributed by atoms with van der Waals surface area (Å²) in [5.41, 5.74) is 5.02. The molecule has 0 aliphatic heterocycles. The molecule has 0 bridgehead atoms. The predicted molar refractivity (Wildman–Crippen MR) is 132 cm³/mol. The highest BCUT2D eigenvalue weighted by molar-refractivity contribution is 5.69. The number of ether oxygens (including phenoxy) is 2. The van der Waals surface area contributed by atoms with Crippen molar-refractivity contribution in [1.82, 2.24) is 9.80 Å². The van der Waals surface area contributed by atoms with Gasteiger partial charge in [-0.1, -0.05) is 19.3 Å². The number of nitrogens with two attached hydrogens (primary N) is 1. The summed E-state index contributed by atoms with van der Waals surface area (Å²) in [7, 11) is 0. The van der Waals surface area contributed by atoms with Crippen LogP contribution in [-0.4, -0.2) is 64.9 Å². The molecule has 33 heavy (non-hydrogen) atoms. The van der Waals surface area contributed by atoms with Crippen LogP contribution in [0, 0.1) is 5.92 Å². The van der Waals surface area contributed by atoms with Crippen LogP contribution in [0.15, 0.2) is 0 Å². The van der Waals surface area contributed by atoms with E-state index in [-0.39, 0.29) is 24.3 Å². The monoisotopic (exact) mass is 467 g/mol. The maximum absolute atomic E-state index is 13.0. The Balaban J connectivity index is 2.01. The lowest BCUT2D eigenvalue weighted by molar-refractivity contribution is 0.00914. The zero-order valence-electron chi connectivity index (χ0n) is 22.0. The van der Waals surface area contributed by atoms with Crippen molar-refractivity contribution in [3.63, 3.8) is 0 Å². The van der Waals surface area contributed by atoms with Crippen molar-refractivity contribution in [1.29, 1.82) is 0 Å². The van der Waals surface area contributed by atoms with Gasteiger partial charge in [0.1, 0.15) is 11.2 Å². The van der Waals surface area contributed by atoms with Gasteiger partial charge in [0.15, 0.2) is 0 Å². The molecule has 0 aromatic heterocycles. The molecule has 2 saturated carbocycles. The average molecular weight is 468 g/mol. The molecule has 7 heteroatoms. The summed E-state index contributed by atoms with van der Waals surface area (Å²) in [4.78, 5) is 29.7. The van der Waals surface area contributed by atoms with E-state index >= 15 is 0 Å². The summed E-state index contributed by atoms with van der Waals surface area (Å²) in [6, 6.07) is 0.512. The molecule has 2 amide bonds. The van der Waals surface area contributed by atoms with Crippen LogP contribution in [0.2, 0.25) is 0 Å². The molecular formula is C26H49N3O4. The maximum atomic E-state index is 13.0. The molecule has 0 aromatic carbocycles. The Kier molecular flexibility index (Phi) is 10.3. The third-order valence-electron chi connectivity index (χ3n) is 6.49. The Hall–Kier alpha value is -1.50. The molecular weight excluding hydrogens is 418 g/mol. The van der Waals surface area contributed by atoms with Crippen LogP contribution in [0.3, 0.4) is 0 Å². The quantitative estimate of drug-likeness (QED) is 0.519. The molecule has 0 spiro atoms. The number of nitrogens with zero attached hydrogens (tertiary/aromatic N) is 2. The highest BCUT2D eigenvalue weighted by Gasteiger charge is 2.31.